The van der Waals surface area contributed by atoms with Crippen LogP contribution in [0.1, 0.15) is 38.7 Å². The first-order valence-corrected chi connectivity index (χ1v) is 8.38. The van der Waals surface area contributed by atoms with Gasteiger partial charge >= 0.3 is 6.03 Å². The monoisotopic (exact) mass is 309 g/mol. The lowest BCUT2D eigenvalue weighted by atomic mass is 10.0. The van der Waals surface area contributed by atoms with Gasteiger partial charge in [-0.3, -0.25) is 4.79 Å². The molecule has 0 bridgehead atoms. The largest absolute Gasteiger partial charge is 0.338 e. The molecule has 0 spiro atoms. The fraction of sp³-hybridized carbons (Fsp3) is 0.600. The summed E-state index contributed by atoms with van der Waals surface area (Å²) >= 11 is 1.60. The van der Waals surface area contributed by atoms with Crippen LogP contribution in [0.2, 0.25) is 0 Å². The fourth-order valence-electron chi connectivity index (χ4n) is 2.56. The van der Waals surface area contributed by atoms with E-state index in [2.05, 4.69) is 17.6 Å². The van der Waals surface area contributed by atoms with Crippen molar-refractivity contribution in [2.75, 3.05) is 6.54 Å². The van der Waals surface area contributed by atoms with Gasteiger partial charge in [0.05, 0.1) is 0 Å². The molecule has 1 aromatic rings. The summed E-state index contributed by atoms with van der Waals surface area (Å²) in [5.74, 6) is 0.00730. The molecule has 5 nitrogen and oxygen atoms in total. The van der Waals surface area contributed by atoms with Crippen LogP contribution < -0.4 is 10.6 Å². The Morgan fingerprint density at radius 3 is 2.95 bits per heavy atom. The van der Waals surface area contributed by atoms with Gasteiger partial charge in [-0.1, -0.05) is 0 Å². The normalized spacial score (nSPS) is 19.9. The lowest BCUT2D eigenvalue weighted by Crippen LogP contribution is -2.53. The van der Waals surface area contributed by atoms with Crippen LogP contribution in [0.15, 0.2) is 16.8 Å². The molecule has 1 aliphatic rings. The molecule has 0 aliphatic carbocycles. The van der Waals surface area contributed by atoms with Crippen molar-refractivity contribution in [3.8, 4) is 0 Å². The molecule has 6 heteroatoms. The number of amides is 3. The number of piperidine rings is 1. The highest BCUT2D eigenvalue weighted by molar-refractivity contribution is 7.07. The molecule has 2 N–H and O–H groups in total. The molecule has 2 atom stereocenters. The first kappa shape index (κ1) is 15.8. The van der Waals surface area contributed by atoms with Gasteiger partial charge in [-0.05, 0) is 55.5 Å². The van der Waals surface area contributed by atoms with E-state index in [0.717, 1.165) is 24.9 Å². The standard InChI is InChI=1S/C15H23N3O2S/c1-11-5-3-4-7-18(11)14(19)12(2)17-15(20)16-9-13-6-8-21-10-13/h6,8,10-12H,3-5,7,9H2,1-2H3,(H2,16,17,20). The maximum Gasteiger partial charge on any atom is 0.315 e. The molecule has 1 saturated heterocycles. The van der Waals surface area contributed by atoms with Crippen LogP contribution in [0.4, 0.5) is 4.79 Å². The molecule has 21 heavy (non-hydrogen) atoms. The van der Waals surface area contributed by atoms with E-state index >= 15 is 0 Å². The minimum Gasteiger partial charge on any atom is -0.338 e. The van der Waals surface area contributed by atoms with E-state index in [0.29, 0.717) is 6.54 Å². The second kappa shape index (κ2) is 7.45. The Labute approximate surface area is 129 Å². The summed E-state index contributed by atoms with van der Waals surface area (Å²) in [4.78, 5) is 26.1. The maximum atomic E-state index is 12.4. The summed E-state index contributed by atoms with van der Waals surface area (Å²) in [6.45, 7) is 5.09. The molecule has 1 aliphatic heterocycles. The highest BCUT2D eigenvalue weighted by atomic mass is 32.1. The molecule has 2 heterocycles. The number of urea groups is 1. The van der Waals surface area contributed by atoms with Crippen molar-refractivity contribution in [3.63, 3.8) is 0 Å². The van der Waals surface area contributed by atoms with E-state index in [1.807, 2.05) is 21.7 Å². The quantitative estimate of drug-likeness (QED) is 0.897. The first-order valence-electron chi connectivity index (χ1n) is 7.44. The average Bonchev–Trinajstić information content (AvgIpc) is 2.98. The van der Waals surface area contributed by atoms with E-state index in [9.17, 15) is 9.59 Å². The Balaban J connectivity index is 1.78. The predicted octanol–water partition coefficient (Wildman–Crippen LogP) is 2.34. The van der Waals surface area contributed by atoms with Crippen LogP contribution in [-0.4, -0.2) is 35.5 Å². The van der Waals surface area contributed by atoms with Crippen molar-refractivity contribution >= 4 is 23.3 Å². The second-order valence-corrected chi connectivity index (χ2v) is 6.34. The second-order valence-electron chi connectivity index (χ2n) is 5.56. The Morgan fingerprint density at radius 2 is 2.29 bits per heavy atom. The number of nitrogens with zero attached hydrogens (tertiary/aromatic N) is 1. The molecule has 1 fully saturated rings. The zero-order valence-electron chi connectivity index (χ0n) is 12.6. The highest BCUT2D eigenvalue weighted by Gasteiger charge is 2.27. The minimum atomic E-state index is -0.493. The van der Waals surface area contributed by atoms with E-state index in [1.165, 1.54) is 6.42 Å². The zero-order chi connectivity index (χ0) is 15.2. The summed E-state index contributed by atoms with van der Waals surface area (Å²) in [5, 5.41) is 9.45. The van der Waals surface area contributed by atoms with Gasteiger partial charge in [0.2, 0.25) is 5.91 Å². The van der Waals surface area contributed by atoms with Gasteiger partial charge in [0.25, 0.3) is 0 Å². The van der Waals surface area contributed by atoms with Crippen LogP contribution in [0.25, 0.3) is 0 Å². The lowest BCUT2D eigenvalue weighted by Gasteiger charge is -2.35. The number of carbonyl (C=O) groups is 2. The zero-order valence-corrected chi connectivity index (χ0v) is 13.4. The van der Waals surface area contributed by atoms with Gasteiger partial charge in [0.15, 0.2) is 0 Å². The SMILES string of the molecule is CC(NC(=O)NCc1ccsc1)C(=O)N1CCCCC1C. The summed E-state index contributed by atoms with van der Waals surface area (Å²) in [6, 6.07) is 1.44. The average molecular weight is 309 g/mol. The van der Waals surface area contributed by atoms with Crippen LogP contribution in [0, 0.1) is 0 Å². The summed E-state index contributed by atoms with van der Waals surface area (Å²) in [5.41, 5.74) is 1.07. The van der Waals surface area contributed by atoms with E-state index in [1.54, 1.807) is 18.3 Å². The topological polar surface area (TPSA) is 61.4 Å². The van der Waals surface area contributed by atoms with Crippen LogP contribution in [0.5, 0.6) is 0 Å². The molecule has 2 unspecified atom stereocenters. The van der Waals surface area contributed by atoms with Crippen LogP contribution in [-0.2, 0) is 11.3 Å². The molecule has 116 valence electrons. The number of thiophene rings is 1. The molecule has 1 aromatic heterocycles. The van der Waals surface area contributed by atoms with Crippen LogP contribution >= 0.6 is 11.3 Å². The van der Waals surface area contributed by atoms with Crippen molar-refractivity contribution in [2.24, 2.45) is 0 Å². The lowest BCUT2D eigenvalue weighted by molar-refractivity contribution is -0.136. The van der Waals surface area contributed by atoms with Gasteiger partial charge in [0.1, 0.15) is 6.04 Å². The van der Waals surface area contributed by atoms with Crippen molar-refractivity contribution in [2.45, 2.75) is 51.7 Å². The maximum absolute atomic E-state index is 12.4. The number of likely N-dealkylation sites (tertiary alicyclic amines) is 1. The molecule has 0 aromatic carbocycles. The fourth-order valence-corrected chi connectivity index (χ4v) is 3.23. The number of hydrogen-bond donors (Lipinski definition) is 2. The Kier molecular flexibility index (Phi) is 5.61. The number of nitrogens with one attached hydrogen (secondary N) is 2. The van der Waals surface area contributed by atoms with Gasteiger partial charge in [-0.2, -0.15) is 11.3 Å². The smallest absolute Gasteiger partial charge is 0.315 e. The van der Waals surface area contributed by atoms with Crippen molar-refractivity contribution in [1.82, 2.24) is 15.5 Å². The third-order valence-corrected chi connectivity index (χ3v) is 4.57. The summed E-state index contributed by atoms with van der Waals surface area (Å²) in [7, 11) is 0. The number of rotatable bonds is 4. The minimum absolute atomic E-state index is 0.00730. The van der Waals surface area contributed by atoms with Gasteiger partial charge in [0, 0.05) is 19.1 Å². The number of hydrogen-bond acceptors (Lipinski definition) is 3. The molecule has 0 saturated carbocycles. The molecule has 3 amide bonds. The highest BCUT2D eigenvalue weighted by Crippen LogP contribution is 2.17. The van der Waals surface area contributed by atoms with Gasteiger partial charge in [-0.15, -0.1) is 0 Å². The van der Waals surface area contributed by atoms with Gasteiger partial charge in [-0.25, -0.2) is 4.79 Å². The van der Waals surface area contributed by atoms with Crippen molar-refractivity contribution in [3.05, 3.63) is 22.4 Å². The molecule has 0 radical (unpaired) electrons. The Bertz CT molecular complexity index is 475. The van der Waals surface area contributed by atoms with Crippen molar-refractivity contribution < 1.29 is 9.59 Å². The predicted molar refractivity (Wildman–Crippen MR) is 84.2 cm³/mol. The third kappa shape index (κ3) is 4.46. The number of carbonyl (C=O) groups excluding carboxylic acids is 2. The Hall–Kier alpha value is -1.56. The Morgan fingerprint density at radius 1 is 1.48 bits per heavy atom. The van der Waals surface area contributed by atoms with Gasteiger partial charge < -0.3 is 15.5 Å². The third-order valence-electron chi connectivity index (χ3n) is 3.84. The molecular weight excluding hydrogens is 286 g/mol. The van der Waals surface area contributed by atoms with Crippen molar-refractivity contribution in [1.29, 1.82) is 0 Å². The summed E-state index contributed by atoms with van der Waals surface area (Å²) < 4.78 is 0. The molecular formula is C15H23N3O2S. The molecule has 2 rings (SSSR count). The first-order chi connectivity index (χ1) is 10.1. The van der Waals surface area contributed by atoms with E-state index in [-0.39, 0.29) is 18.0 Å². The summed E-state index contributed by atoms with van der Waals surface area (Å²) in [6.07, 6.45) is 3.27. The van der Waals surface area contributed by atoms with E-state index < -0.39 is 6.04 Å². The van der Waals surface area contributed by atoms with E-state index in [4.69, 9.17) is 0 Å². The van der Waals surface area contributed by atoms with Crippen LogP contribution in [0.3, 0.4) is 0 Å².